The Hall–Kier alpha value is -3.19. The monoisotopic (exact) mass is 360 g/mol. The van der Waals surface area contributed by atoms with E-state index in [9.17, 15) is 10.1 Å². The molecule has 9 nitrogen and oxygen atoms in total. The number of amides is 1. The van der Waals surface area contributed by atoms with Crippen LogP contribution in [0.15, 0.2) is 23.4 Å². The van der Waals surface area contributed by atoms with E-state index in [2.05, 4.69) is 15.3 Å². The van der Waals surface area contributed by atoms with E-state index in [-0.39, 0.29) is 23.8 Å². The Morgan fingerprint density at radius 1 is 1.36 bits per heavy atom. The lowest BCUT2D eigenvalue weighted by molar-refractivity contribution is -0.119. The van der Waals surface area contributed by atoms with E-state index < -0.39 is 5.91 Å². The molecule has 0 unspecified atom stereocenters. The standard InChI is InChI=1S/C15H16N6O3S/c1-23-9-3-8(4-10(5-9)24-7-12(17)22)19-14-11(6-16)13(18)20-15(21-14)25-2/h3-5H,7H2,1-2H3,(H2,17,22)(H3,18,19,20,21). The Balaban J connectivity index is 2.39. The van der Waals surface area contributed by atoms with Gasteiger partial charge in [-0.05, 0) is 6.26 Å². The highest BCUT2D eigenvalue weighted by molar-refractivity contribution is 7.98. The topological polar surface area (TPSA) is 149 Å². The summed E-state index contributed by atoms with van der Waals surface area (Å²) in [5.74, 6) is 0.588. The fourth-order valence-corrected chi connectivity index (χ4v) is 2.26. The number of nitrogens with zero attached hydrogens (tertiary/aromatic N) is 3. The van der Waals surface area contributed by atoms with Crippen LogP contribution in [0.3, 0.4) is 0 Å². The zero-order chi connectivity index (χ0) is 18.4. The first-order chi connectivity index (χ1) is 12.0. The summed E-state index contributed by atoms with van der Waals surface area (Å²) in [6, 6.07) is 6.86. The molecule has 0 saturated carbocycles. The summed E-state index contributed by atoms with van der Waals surface area (Å²) >= 11 is 1.30. The number of nitrogen functional groups attached to an aromatic ring is 1. The van der Waals surface area contributed by atoms with Crippen molar-refractivity contribution in [2.75, 3.05) is 31.0 Å². The van der Waals surface area contributed by atoms with Crippen LogP contribution in [0.2, 0.25) is 0 Å². The van der Waals surface area contributed by atoms with Gasteiger partial charge in [-0.3, -0.25) is 4.79 Å². The van der Waals surface area contributed by atoms with Crippen molar-refractivity contribution in [1.82, 2.24) is 9.97 Å². The van der Waals surface area contributed by atoms with E-state index in [0.717, 1.165) is 0 Å². The van der Waals surface area contributed by atoms with Gasteiger partial charge in [0.2, 0.25) is 0 Å². The maximum atomic E-state index is 10.9. The van der Waals surface area contributed by atoms with E-state index in [1.165, 1.54) is 18.9 Å². The first kappa shape index (κ1) is 18.2. The summed E-state index contributed by atoms with van der Waals surface area (Å²) in [5, 5.41) is 12.7. The van der Waals surface area contributed by atoms with Crippen LogP contribution in [-0.2, 0) is 4.79 Å². The van der Waals surface area contributed by atoms with E-state index in [1.54, 1.807) is 24.5 Å². The summed E-state index contributed by atoms with van der Waals surface area (Å²) in [6.45, 7) is -0.271. The second kappa shape index (κ2) is 8.07. The average Bonchev–Trinajstić information content (AvgIpc) is 2.59. The van der Waals surface area contributed by atoms with Gasteiger partial charge in [0, 0.05) is 23.9 Å². The molecule has 0 atom stereocenters. The molecule has 0 saturated heterocycles. The third-order valence-electron chi connectivity index (χ3n) is 2.97. The molecule has 0 fully saturated rings. The van der Waals surface area contributed by atoms with Gasteiger partial charge < -0.3 is 26.3 Å². The van der Waals surface area contributed by atoms with Crippen LogP contribution in [-0.4, -0.2) is 35.8 Å². The molecule has 1 aromatic heterocycles. The van der Waals surface area contributed by atoms with Gasteiger partial charge >= 0.3 is 0 Å². The highest BCUT2D eigenvalue weighted by atomic mass is 32.2. The number of anilines is 3. The molecule has 0 aliphatic heterocycles. The number of benzene rings is 1. The molecule has 0 aliphatic carbocycles. The number of hydrogen-bond acceptors (Lipinski definition) is 9. The fourth-order valence-electron chi connectivity index (χ4n) is 1.89. The fraction of sp³-hybridized carbons (Fsp3) is 0.200. The number of thioether (sulfide) groups is 1. The molecule has 130 valence electrons. The Bertz CT molecular complexity index is 837. The number of nitrogens with two attached hydrogens (primary N) is 2. The number of rotatable bonds is 7. The normalized spacial score (nSPS) is 9.96. The summed E-state index contributed by atoms with van der Waals surface area (Å²) in [5.41, 5.74) is 11.5. The lowest BCUT2D eigenvalue weighted by Crippen LogP contribution is -2.20. The molecule has 0 spiro atoms. The van der Waals surface area contributed by atoms with Crippen molar-refractivity contribution >= 4 is 35.0 Å². The van der Waals surface area contributed by atoms with Crippen molar-refractivity contribution < 1.29 is 14.3 Å². The van der Waals surface area contributed by atoms with Crippen molar-refractivity contribution in [3.05, 3.63) is 23.8 Å². The minimum atomic E-state index is -0.600. The van der Waals surface area contributed by atoms with Crippen molar-refractivity contribution in [3.8, 4) is 17.6 Å². The van der Waals surface area contributed by atoms with Crippen LogP contribution >= 0.6 is 11.8 Å². The summed E-state index contributed by atoms with van der Waals surface area (Å²) in [4.78, 5) is 19.2. The van der Waals surface area contributed by atoms with E-state index in [1.807, 2.05) is 6.07 Å². The first-order valence-corrected chi connectivity index (χ1v) is 8.18. The van der Waals surface area contributed by atoms with Gasteiger partial charge in [-0.15, -0.1) is 0 Å². The molecule has 0 radical (unpaired) electrons. The number of hydrogen-bond donors (Lipinski definition) is 3. The van der Waals surface area contributed by atoms with E-state index >= 15 is 0 Å². The van der Waals surface area contributed by atoms with Gasteiger partial charge in [0.15, 0.2) is 17.6 Å². The van der Waals surface area contributed by atoms with E-state index in [4.69, 9.17) is 20.9 Å². The minimum Gasteiger partial charge on any atom is -0.497 e. The second-order valence-electron chi connectivity index (χ2n) is 4.71. The number of nitriles is 1. The highest BCUT2D eigenvalue weighted by Crippen LogP contribution is 2.30. The lowest BCUT2D eigenvalue weighted by atomic mass is 10.2. The highest BCUT2D eigenvalue weighted by Gasteiger charge is 2.13. The zero-order valence-electron chi connectivity index (χ0n) is 13.6. The largest absolute Gasteiger partial charge is 0.497 e. The summed E-state index contributed by atoms with van der Waals surface area (Å²) in [7, 11) is 1.49. The predicted octanol–water partition coefficient (Wildman–Crippen LogP) is 1.27. The van der Waals surface area contributed by atoms with Gasteiger partial charge in [-0.25, -0.2) is 9.97 Å². The molecule has 10 heteroatoms. The van der Waals surface area contributed by atoms with Gasteiger partial charge in [0.1, 0.15) is 28.9 Å². The number of nitrogens with one attached hydrogen (secondary N) is 1. The number of ether oxygens (including phenoxy) is 2. The smallest absolute Gasteiger partial charge is 0.255 e. The van der Waals surface area contributed by atoms with Crippen LogP contribution < -0.4 is 26.3 Å². The third-order valence-corrected chi connectivity index (χ3v) is 3.52. The van der Waals surface area contributed by atoms with Gasteiger partial charge in [-0.1, -0.05) is 11.8 Å². The van der Waals surface area contributed by atoms with Crippen molar-refractivity contribution in [3.63, 3.8) is 0 Å². The predicted molar refractivity (Wildman–Crippen MR) is 93.9 cm³/mol. The Morgan fingerprint density at radius 3 is 2.68 bits per heavy atom. The molecule has 2 aromatic rings. The molecule has 2 rings (SSSR count). The maximum Gasteiger partial charge on any atom is 0.255 e. The molecule has 1 heterocycles. The molecule has 0 aliphatic rings. The molecule has 25 heavy (non-hydrogen) atoms. The molecular formula is C15H16N6O3S. The maximum absolute atomic E-state index is 10.9. The number of primary amides is 1. The Labute approximate surface area is 148 Å². The second-order valence-corrected chi connectivity index (χ2v) is 5.48. The quantitative estimate of drug-likeness (QED) is 0.490. The molecule has 1 amide bonds. The van der Waals surface area contributed by atoms with Crippen LogP contribution in [0.4, 0.5) is 17.3 Å². The van der Waals surface area contributed by atoms with Crippen molar-refractivity contribution in [2.45, 2.75) is 5.16 Å². The number of carbonyl (C=O) groups is 1. The molecule has 1 aromatic carbocycles. The van der Waals surface area contributed by atoms with Crippen molar-refractivity contribution in [2.24, 2.45) is 5.73 Å². The van der Waals surface area contributed by atoms with Gasteiger partial charge in [0.05, 0.1) is 7.11 Å². The molecule has 0 bridgehead atoms. The van der Waals surface area contributed by atoms with Gasteiger partial charge in [0.25, 0.3) is 5.91 Å². The number of methoxy groups -OCH3 is 1. The van der Waals surface area contributed by atoms with Crippen molar-refractivity contribution in [1.29, 1.82) is 5.26 Å². The average molecular weight is 360 g/mol. The first-order valence-electron chi connectivity index (χ1n) is 6.95. The summed E-state index contributed by atoms with van der Waals surface area (Å²) in [6.07, 6.45) is 1.80. The van der Waals surface area contributed by atoms with Crippen LogP contribution in [0.25, 0.3) is 0 Å². The van der Waals surface area contributed by atoms with E-state index in [0.29, 0.717) is 22.3 Å². The Kier molecular flexibility index (Phi) is 5.86. The minimum absolute atomic E-state index is 0.0810. The third kappa shape index (κ3) is 4.65. The van der Waals surface area contributed by atoms with Crippen LogP contribution in [0, 0.1) is 11.3 Å². The molecular weight excluding hydrogens is 344 g/mol. The number of aromatic nitrogens is 2. The van der Waals surface area contributed by atoms with Gasteiger partial charge in [-0.2, -0.15) is 5.26 Å². The number of carbonyl (C=O) groups excluding carboxylic acids is 1. The SMILES string of the molecule is COc1cc(Nc2nc(SC)nc(N)c2C#N)cc(OCC(N)=O)c1. The Morgan fingerprint density at radius 2 is 2.08 bits per heavy atom. The van der Waals surface area contributed by atoms with Crippen LogP contribution in [0.5, 0.6) is 11.5 Å². The molecule has 5 N–H and O–H groups in total. The lowest BCUT2D eigenvalue weighted by Gasteiger charge is -2.13. The van der Waals surface area contributed by atoms with Crippen LogP contribution in [0.1, 0.15) is 5.56 Å². The zero-order valence-corrected chi connectivity index (χ0v) is 14.4. The summed E-state index contributed by atoms with van der Waals surface area (Å²) < 4.78 is 10.5.